The van der Waals surface area contributed by atoms with Crippen LogP contribution in [0.3, 0.4) is 0 Å². The molecule has 2 aliphatic rings. The van der Waals surface area contributed by atoms with Gasteiger partial charge in [-0.05, 0) is 62.2 Å². The van der Waals surface area contributed by atoms with Gasteiger partial charge in [0.25, 0.3) is 11.8 Å². The van der Waals surface area contributed by atoms with E-state index in [-0.39, 0.29) is 17.7 Å². The van der Waals surface area contributed by atoms with Gasteiger partial charge in [-0.2, -0.15) is 0 Å². The topological polar surface area (TPSA) is 49.9 Å². The SMILES string of the molecule is CC1(C)C(c2cc(F)c(F)c(F)c2)CCN1C(=O)c1ccc(C(=O)N2CCOCC2)cc1. The van der Waals surface area contributed by atoms with Crippen molar-refractivity contribution in [2.75, 3.05) is 32.8 Å². The number of hydrogen-bond acceptors (Lipinski definition) is 3. The molecule has 2 heterocycles. The van der Waals surface area contributed by atoms with Crippen LogP contribution in [0.1, 0.15) is 52.5 Å². The van der Waals surface area contributed by atoms with Gasteiger partial charge >= 0.3 is 0 Å². The van der Waals surface area contributed by atoms with Crippen LogP contribution in [0, 0.1) is 17.5 Å². The number of amides is 2. The minimum absolute atomic E-state index is 0.103. The molecule has 2 amide bonds. The average molecular weight is 446 g/mol. The molecule has 1 unspecified atom stereocenters. The van der Waals surface area contributed by atoms with E-state index < -0.39 is 23.0 Å². The van der Waals surface area contributed by atoms with E-state index in [0.29, 0.717) is 56.0 Å². The molecule has 2 fully saturated rings. The third-order valence-corrected chi connectivity index (χ3v) is 6.52. The highest BCUT2D eigenvalue weighted by molar-refractivity contribution is 5.98. The van der Waals surface area contributed by atoms with Gasteiger partial charge in [0.05, 0.1) is 13.2 Å². The van der Waals surface area contributed by atoms with Crippen molar-refractivity contribution in [2.45, 2.75) is 31.7 Å². The number of morpholine rings is 1. The molecule has 0 radical (unpaired) electrons. The lowest BCUT2D eigenvalue weighted by Crippen LogP contribution is -2.45. The standard InChI is InChI=1S/C24H25F3N2O3/c1-24(2)18(17-13-19(25)21(27)20(26)14-17)7-8-29(24)23(31)16-5-3-15(4-6-16)22(30)28-9-11-32-12-10-28/h3-6,13-14,18H,7-12H2,1-2H3. The molecular weight excluding hydrogens is 421 g/mol. The first-order chi connectivity index (χ1) is 15.2. The Bertz CT molecular complexity index is 1010. The second kappa shape index (κ2) is 8.58. The maximum absolute atomic E-state index is 13.8. The first-order valence-corrected chi connectivity index (χ1v) is 10.6. The van der Waals surface area contributed by atoms with Crippen molar-refractivity contribution in [3.63, 3.8) is 0 Å². The summed E-state index contributed by atoms with van der Waals surface area (Å²) in [6.45, 7) is 6.15. The van der Waals surface area contributed by atoms with E-state index in [9.17, 15) is 22.8 Å². The van der Waals surface area contributed by atoms with Crippen molar-refractivity contribution < 1.29 is 27.5 Å². The summed E-state index contributed by atoms with van der Waals surface area (Å²) in [6.07, 6.45) is 0.497. The Kier molecular flexibility index (Phi) is 5.99. The fourth-order valence-electron chi connectivity index (χ4n) is 4.66. The van der Waals surface area contributed by atoms with E-state index in [1.807, 2.05) is 13.8 Å². The van der Waals surface area contributed by atoms with Crippen LogP contribution in [-0.4, -0.2) is 60.0 Å². The maximum atomic E-state index is 13.8. The van der Waals surface area contributed by atoms with Crippen LogP contribution in [0.2, 0.25) is 0 Å². The van der Waals surface area contributed by atoms with E-state index in [1.54, 1.807) is 34.1 Å². The number of rotatable bonds is 3. The van der Waals surface area contributed by atoms with Gasteiger partial charge in [-0.1, -0.05) is 0 Å². The summed E-state index contributed by atoms with van der Waals surface area (Å²) < 4.78 is 46.2. The summed E-state index contributed by atoms with van der Waals surface area (Å²) in [5, 5.41) is 0. The van der Waals surface area contributed by atoms with Gasteiger partial charge in [-0.15, -0.1) is 0 Å². The molecule has 0 N–H and O–H groups in total. The van der Waals surface area contributed by atoms with Gasteiger partial charge in [0.1, 0.15) is 0 Å². The van der Waals surface area contributed by atoms with Crippen molar-refractivity contribution in [3.8, 4) is 0 Å². The van der Waals surface area contributed by atoms with Crippen LogP contribution < -0.4 is 0 Å². The molecule has 0 aromatic heterocycles. The van der Waals surface area contributed by atoms with Crippen molar-refractivity contribution >= 4 is 11.8 Å². The first-order valence-electron chi connectivity index (χ1n) is 10.6. The fourth-order valence-corrected chi connectivity index (χ4v) is 4.66. The second-order valence-electron chi connectivity index (χ2n) is 8.73. The Labute approximate surface area is 184 Å². The number of benzene rings is 2. The van der Waals surface area contributed by atoms with Gasteiger partial charge in [-0.3, -0.25) is 9.59 Å². The lowest BCUT2D eigenvalue weighted by molar-refractivity contribution is 0.0302. The van der Waals surface area contributed by atoms with Gasteiger partial charge < -0.3 is 14.5 Å². The van der Waals surface area contributed by atoms with Crippen LogP contribution in [-0.2, 0) is 4.74 Å². The van der Waals surface area contributed by atoms with Gasteiger partial charge in [0, 0.05) is 42.2 Å². The molecule has 0 aliphatic carbocycles. The van der Waals surface area contributed by atoms with E-state index in [4.69, 9.17) is 4.74 Å². The number of carbonyl (C=O) groups is 2. The highest BCUT2D eigenvalue weighted by atomic mass is 19.2. The molecule has 2 aromatic rings. The molecule has 170 valence electrons. The zero-order valence-corrected chi connectivity index (χ0v) is 18.0. The number of carbonyl (C=O) groups excluding carboxylic acids is 2. The molecule has 32 heavy (non-hydrogen) atoms. The molecule has 0 spiro atoms. The van der Waals surface area contributed by atoms with Gasteiger partial charge in [0.2, 0.25) is 0 Å². The zero-order valence-electron chi connectivity index (χ0n) is 18.0. The number of likely N-dealkylation sites (tertiary alicyclic amines) is 1. The number of halogens is 3. The van der Waals surface area contributed by atoms with Crippen molar-refractivity contribution in [1.82, 2.24) is 9.80 Å². The third-order valence-electron chi connectivity index (χ3n) is 6.52. The fraction of sp³-hybridized carbons (Fsp3) is 0.417. The van der Waals surface area contributed by atoms with Crippen LogP contribution in [0.15, 0.2) is 36.4 Å². The van der Waals surface area contributed by atoms with Crippen LogP contribution in [0.5, 0.6) is 0 Å². The minimum Gasteiger partial charge on any atom is -0.378 e. The summed E-state index contributed by atoms with van der Waals surface area (Å²) in [6, 6.07) is 8.52. The van der Waals surface area contributed by atoms with Gasteiger partial charge in [-0.25, -0.2) is 13.2 Å². The summed E-state index contributed by atoms with van der Waals surface area (Å²) in [5.74, 6) is -4.65. The molecule has 8 heteroatoms. The number of nitrogens with zero attached hydrogens (tertiary/aromatic N) is 2. The Balaban J connectivity index is 1.51. The van der Waals surface area contributed by atoms with E-state index in [1.165, 1.54) is 0 Å². The average Bonchev–Trinajstić information content (AvgIpc) is 3.11. The largest absolute Gasteiger partial charge is 0.378 e. The van der Waals surface area contributed by atoms with Crippen molar-refractivity contribution in [1.29, 1.82) is 0 Å². The summed E-state index contributed by atoms with van der Waals surface area (Å²) in [5.41, 5.74) is 0.511. The second-order valence-corrected chi connectivity index (χ2v) is 8.73. The summed E-state index contributed by atoms with van der Waals surface area (Å²) in [7, 11) is 0. The number of ether oxygens (including phenoxy) is 1. The van der Waals surface area contributed by atoms with Gasteiger partial charge in [0.15, 0.2) is 17.5 Å². The first kappa shape index (κ1) is 22.3. The van der Waals surface area contributed by atoms with Crippen molar-refractivity contribution in [2.24, 2.45) is 0 Å². The van der Waals surface area contributed by atoms with Crippen LogP contribution >= 0.6 is 0 Å². The summed E-state index contributed by atoms with van der Waals surface area (Å²) >= 11 is 0. The number of hydrogen-bond donors (Lipinski definition) is 0. The van der Waals surface area contributed by atoms with E-state index in [2.05, 4.69) is 0 Å². The molecule has 1 atom stereocenters. The molecule has 5 nitrogen and oxygen atoms in total. The quantitative estimate of drug-likeness (QED) is 0.670. The molecule has 0 saturated carbocycles. The van der Waals surface area contributed by atoms with E-state index >= 15 is 0 Å². The Morgan fingerprint density at radius 3 is 2.00 bits per heavy atom. The van der Waals surface area contributed by atoms with Crippen molar-refractivity contribution in [3.05, 3.63) is 70.5 Å². The zero-order chi connectivity index (χ0) is 23.0. The lowest BCUT2D eigenvalue weighted by Gasteiger charge is -2.36. The Morgan fingerprint density at radius 2 is 1.44 bits per heavy atom. The monoisotopic (exact) mass is 446 g/mol. The smallest absolute Gasteiger partial charge is 0.254 e. The third kappa shape index (κ3) is 3.99. The van der Waals surface area contributed by atoms with Crippen LogP contribution in [0.4, 0.5) is 13.2 Å². The Hall–Kier alpha value is -2.87. The highest BCUT2D eigenvalue weighted by Gasteiger charge is 2.45. The minimum atomic E-state index is -1.50. The highest BCUT2D eigenvalue weighted by Crippen LogP contribution is 2.43. The van der Waals surface area contributed by atoms with E-state index in [0.717, 1.165) is 12.1 Å². The van der Waals surface area contributed by atoms with Crippen LogP contribution in [0.25, 0.3) is 0 Å². The summed E-state index contributed by atoms with van der Waals surface area (Å²) in [4.78, 5) is 29.2. The Morgan fingerprint density at radius 1 is 0.906 bits per heavy atom. The predicted molar refractivity (Wildman–Crippen MR) is 112 cm³/mol. The predicted octanol–water partition coefficient (Wildman–Crippen LogP) is 3.98. The molecule has 2 aliphatic heterocycles. The normalized spacial score (nSPS) is 20.5. The maximum Gasteiger partial charge on any atom is 0.254 e. The molecule has 0 bridgehead atoms. The lowest BCUT2D eigenvalue weighted by atomic mass is 9.82. The molecule has 2 aromatic carbocycles. The molecule has 2 saturated heterocycles. The molecular formula is C24H25F3N2O3. The molecule has 4 rings (SSSR count).